The Morgan fingerprint density at radius 3 is 2.94 bits per heavy atom. The number of halogens is 1. The highest BCUT2D eigenvalue weighted by molar-refractivity contribution is 6.32. The van der Waals surface area contributed by atoms with Crippen LogP contribution in [0.25, 0.3) is 6.08 Å². The monoisotopic (exact) mass is 267 g/mol. The number of hydrogen-bond acceptors (Lipinski definition) is 3. The second-order valence-corrected chi connectivity index (χ2v) is 4.64. The smallest absolute Gasteiger partial charge is 0.179 e. The number of ether oxygens (including phenoxy) is 2. The molecule has 0 spiro atoms. The summed E-state index contributed by atoms with van der Waals surface area (Å²) in [6, 6.07) is 4.18. The van der Waals surface area contributed by atoms with E-state index >= 15 is 0 Å². The minimum Gasteiger partial charge on any atom is -0.486 e. The Balaban J connectivity index is 2.17. The predicted octanol–water partition coefficient (Wildman–Crippen LogP) is 3.12. The zero-order valence-electron chi connectivity index (χ0n) is 10.7. The van der Waals surface area contributed by atoms with Crippen molar-refractivity contribution in [1.29, 1.82) is 0 Å². The van der Waals surface area contributed by atoms with Gasteiger partial charge in [-0.25, -0.2) is 0 Å². The van der Waals surface area contributed by atoms with Crippen molar-refractivity contribution in [1.82, 2.24) is 5.32 Å². The molecule has 0 saturated heterocycles. The van der Waals surface area contributed by atoms with Gasteiger partial charge in [0.2, 0.25) is 0 Å². The van der Waals surface area contributed by atoms with Crippen LogP contribution >= 0.6 is 11.6 Å². The minimum atomic E-state index is 0.335. The van der Waals surface area contributed by atoms with Gasteiger partial charge in [-0.1, -0.05) is 30.7 Å². The quantitative estimate of drug-likeness (QED) is 0.909. The molecule has 1 aromatic carbocycles. The van der Waals surface area contributed by atoms with Crippen molar-refractivity contribution in [2.45, 2.75) is 19.9 Å². The maximum atomic E-state index is 6.17. The maximum Gasteiger partial charge on any atom is 0.179 e. The average molecular weight is 268 g/mol. The van der Waals surface area contributed by atoms with Gasteiger partial charge in [0.15, 0.2) is 11.5 Å². The van der Waals surface area contributed by atoms with Crippen LogP contribution in [-0.4, -0.2) is 25.8 Å². The maximum absolute atomic E-state index is 6.17. The van der Waals surface area contributed by atoms with Gasteiger partial charge in [0.05, 0.1) is 5.02 Å². The fourth-order valence-corrected chi connectivity index (χ4v) is 2.15. The molecule has 1 aliphatic rings. The summed E-state index contributed by atoms with van der Waals surface area (Å²) in [6.45, 7) is 6.28. The SMILES string of the molecule is CCNC(C)/C=C/c1cc(Cl)c2c(c1)OCCO2. The lowest BCUT2D eigenvalue weighted by atomic mass is 10.1. The molecule has 1 unspecified atom stereocenters. The van der Waals surface area contributed by atoms with E-state index in [0.717, 1.165) is 17.9 Å². The van der Waals surface area contributed by atoms with Gasteiger partial charge in [-0.15, -0.1) is 0 Å². The lowest BCUT2D eigenvalue weighted by molar-refractivity contribution is 0.171. The number of likely N-dealkylation sites (N-methyl/N-ethyl adjacent to an activating group) is 1. The average Bonchev–Trinajstić information content (AvgIpc) is 2.37. The van der Waals surface area contributed by atoms with Crippen molar-refractivity contribution in [3.05, 3.63) is 28.8 Å². The van der Waals surface area contributed by atoms with Gasteiger partial charge >= 0.3 is 0 Å². The van der Waals surface area contributed by atoms with Crippen molar-refractivity contribution in [3.63, 3.8) is 0 Å². The molecule has 1 atom stereocenters. The summed E-state index contributed by atoms with van der Waals surface area (Å²) >= 11 is 6.17. The Kier molecular flexibility index (Phi) is 4.50. The van der Waals surface area contributed by atoms with Crippen LogP contribution in [0, 0.1) is 0 Å². The molecule has 1 aliphatic heterocycles. The molecular formula is C14H18ClNO2. The van der Waals surface area contributed by atoms with Gasteiger partial charge in [0.1, 0.15) is 13.2 Å². The number of rotatable bonds is 4. The van der Waals surface area contributed by atoms with E-state index in [1.165, 1.54) is 0 Å². The molecule has 0 amide bonds. The van der Waals surface area contributed by atoms with E-state index in [9.17, 15) is 0 Å². The summed E-state index contributed by atoms with van der Waals surface area (Å²) in [5.41, 5.74) is 1.02. The van der Waals surface area contributed by atoms with Crippen LogP contribution in [0.15, 0.2) is 18.2 Å². The molecule has 4 heteroatoms. The summed E-state index contributed by atoms with van der Waals surface area (Å²) in [4.78, 5) is 0. The van der Waals surface area contributed by atoms with Crippen LogP contribution in [0.3, 0.4) is 0 Å². The molecule has 3 nitrogen and oxygen atoms in total. The van der Waals surface area contributed by atoms with Crippen LogP contribution in [0.4, 0.5) is 0 Å². The van der Waals surface area contributed by atoms with Gasteiger partial charge in [-0.05, 0) is 31.2 Å². The Morgan fingerprint density at radius 1 is 1.39 bits per heavy atom. The number of nitrogens with one attached hydrogen (secondary N) is 1. The molecule has 1 heterocycles. The Labute approximate surface area is 113 Å². The highest BCUT2D eigenvalue weighted by Gasteiger charge is 2.15. The van der Waals surface area contributed by atoms with E-state index in [4.69, 9.17) is 21.1 Å². The molecule has 0 radical (unpaired) electrons. The fourth-order valence-electron chi connectivity index (χ4n) is 1.87. The van der Waals surface area contributed by atoms with Gasteiger partial charge in [0.25, 0.3) is 0 Å². The number of benzene rings is 1. The Hall–Kier alpha value is -1.19. The summed E-state index contributed by atoms with van der Waals surface area (Å²) in [5, 5.41) is 3.92. The number of fused-ring (bicyclic) bond motifs is 1. The van der Waals surface area contributed by atoms with Crippen LogP contribution in [0.1, 0.15) is 19.4 Å². The first kappa shape index (κ1) is 13.2. The molecule has 0 aliphatic carbocycles. The summed E-state index contributed by atoms with van der Waals surface area (Å²) in [5.74, 6) is 1.38. The molecule has 1 aromatic rings. The largest absolute Gasteiger partial charge is 0.486 e. The molecule has 0 saturated carbocycles. The fraction of sp³-hybridized carbons (Fsp3) is 0.429. The molecule has 0 aromatic heterocycles. The normalized spacial score (nSPS) is 15.9. The molecule has 98 valence electrons. The zero-order chi connectivity index (χ0) is 13.0. The Morgan fingerprint density at radius 2 is 2.17 bits per heavy atom. The molecule has 18 heavy (non-hydrogen) atoms. The third-order valence-electron chi connectivity index (χ3n) is 2.72. The van der Waals surface area contributed by atoms with Gasteiger partial charge in [0, 0.05) is 6.04 Å². The predicted molar refractivity (Wildman–Crippen MR) is 74.6 cm³/mol. The highest BCUT2D eigenvalue weighted by Crippen LogP contribution is 2.38. The minimum absolute atomic E-state index is 0.335. The third kappa shape index (κ3) is 3.18. The van der Waals surface area contributed by atoms with E-state index < -0.39 is 0 Å². The summed E-state index contributed by atoms with van der Waals surface area (Å²) < 4.78 is 11.0. The zero-order valence-corrected chi connectivity index (χ0v) is 11.5. The topological polar surface area (TPSA) is 30.5 Å². The lowest BCUT2D eigenvalue weighted by Gasteiger charge is -2.19. The Bertz CT molecular complexity index is 446. The second kappa shape index (κ2) is 6.12. The first-order valence-electron chi connectivity index (χ1n) is 6.21. The summed E-state index contributed by atoms with van der Waals surface area (Å²) in [7, 11) is 0. The first-order valence-corrected chi connectivity index (χ1v) is 6.59. The molecule has 0 fully saturated rings. The second-order valence-electron chi connectivity index (χ2n) is 4.23. The molecular weight excluding hydrogens is 250 g/mol. The van der Waals surface area contributed by atoms with Crippen LogP contribution in [-0.2, 0) is 0 Å². The van der Waals surface area contributed by atoms with Gasteiger partial charge in [-0.2, -0.15) is 0 Å². The van der Waals surface area contributed by atoms with Crippen molar-refractivity contribution in [2.75, 3.05) is 19.8 Å². The van der Waals surface area contributed by atoms with E-state index in [0.29, 0.717) is 30.0 Å². The third-order valence-corrected chi connectivity index (χ3v) is 3.00. The molecule has 2 rings (SSSR count). The van der Waals surface area contributed by atoms with Crippen molar-refractivity contribution >= 4 is 17.7 Å². The molecule has 1 N–H and O–H groups in total. The van der Waals surface area contributed by atoms with E-state index in [1.807, 2.05) is 18.2 Å². The first-order chi connectivity index (χ1) is 8.70. The van der Waals surface area contributed by atoms with Crippen LogP contribution < -0.4 is 14.8 Å². The van der Waals surface area contributed by atoms with E-state index in [2.05, 4.69) is 25.2 Å². The van der Waals surface area contributed by atoms with Gasteiger partial charge < -0.3 is 14.8 Å². The summed E-state index contributed by atoms with van der Waals surface area (Å²) in [6.07, 6.45) is 4.14. The van der Waals surface area contributed by atoms with Crippen molar-refractivity contribution < 1.29 is 9.47 Å². The van der Waals surface area contributed by atoms with Crippen molar-refractivity contribution in [3.8, 4) is 11.5 Å². The van der Waals surface area contributed by atoms with E-state index in [1.54, 1.807) is 0 Å². The van der Waals surface area contributed by atoms with Crippen molar-refractivity contribution in [2.24, 2.45) is 0 Å². The van der Waals surface area contributed by atoms with Gasteiger partial charge in [-0.3, -0.25) is 0 Å². The number of hydrogen-bond donors (Lipinski definition) is 1. The van der Waals surface area contributed by atoms with Crippen LogP contribution in [0.2, 0.25) is 5.02 Å². The standard InChI is InChI=1S/C14H18ClNO2/c1-3-16-10(2)4-5-11-8-12(15)14-13(9-11)17-6-7-18-14/h4-5,8-10,16H,3,6-7H2,1-2H3/b5-4+. The highest BCUT2D eigenvalue weighted by atomic mass is 35.5. The molecule has 0 bridgehead atoms. The lowest BCUT2D eigenvalue weighted by Crippen LogP contribution is -2.22. The van der Waals surface area contributed by atoms with E-state index in [-0.39, 0.29) is 0 Å². The van der Waals surface area contributed by atoms with Crippen LogP contribution in [0.5, 0.6) is 11.5 Å².